The predicted molar refractivity (Wildman–Crippen MR) is 125 cm³/mol. The fourth-order valence-corrected chi connectivity index (χ4v) is 3.23. The molecule has 0 saturated carbocycles. The number of nitrogens with two attached hydrogens (primary N) is 1. The average molecular weight is 528 g/mol. The molecule has 0 atom stereocenters. The van der Waals surface area contributed by atoms with Crippen LogP contribution in [0, 0.1) is 5.82 Å². The van der Waals surface area contributed by atoms with Crippen LogP contribution >= 0.6 is 24.0 Å². The number of ether oxygens (including phenoxy) is 2. The number of carbonyl (C=O) groups is 1. The van der Waals surface area contributed by atoms with E-state index in [-0.39, 0.29) is 29.8 Å². The number of hydrogen-bond donors (Lipinski definition) is 1. The number of benzene rings is 2. The Labute approximate surface area is 192 Å². The van der Waals surface area contributed by atoms with Crippen molar-refractivity contribution in [1.29, 1.82) is 0 Å². The highest BCUT2D eigenvalue weighted by molar-refractivity contribution is 14.0. The van der Waals surface area contributed by atoms with Gasteiger partial charge in [0.2, 0.25) is 0 Å². The van der Waals surface area contributed by atoms with E-state index in [4.69, 9.17) is 15.2 Å². The molecular formula is C21H26FIN4O3. The molecule has 0 unspecified atom stereocenters. The van der Waals surface area contributed by atoms with Gasteiger partial charge in [0.1, 0.15) is 17.1 Å². The molecule has 1 fully saturated rings. The summed E-state index contributed by atoms with van der Waals surface area (Å²) in [4.78, 5) is 20.4. The summed E-state index contributed by atoms with van der Waals surface area (Å²) in [7, 11) is 2.83. The van der Waals surface area contributed by atoms with E-state index < -0.39 is 5.97 Å². The van der Waals surface area contributed by atoms with Crippen molar-refractivity contribution >= 4 is 41.6 Å². The van der Waals surface area contributed by atoms with Crippen molar-refractivity contribution < 1.29 is 18.7 Å². The van der Waals surface area contributed by atoms with Gasteiger partial charge < -0.3 is 25.0 Å². The van der Waals surface area contributed by atoms with Crippen LogP contribution in [0.3, 0.4) is 0 Å². The van der Waals surface area contributed by atoms with Crippen LogP contribution in [0.2, 0.25) is 0 Å². The molecule has 30 heavy (non-hydrogen) atoms. The monoisotopic (exact) mass is 528 g/mol. The Hall–Kier alpha value is -2.56. The third-order valence-corrected chi connectivity index (χ3v) is 4.89. The normalized spacial score (nSPS) is 14.2. The van der Waals surface area contributed by atoms with Gasteiger partial charge in [-0.05, 0) is 42.0 Å². The SMILES string of the molecule is COC(=O)c1ccc(CN=C(N)N2CCN(c3ccc(F)cc3)CC2)cc1OC.I. The molecule has 0 aliphatic carbocycles. The molecule has 9 heteroatoms. The zero-order chi connectivity index (χ0) is 20.8. The zero-order valence-electron chi connectivity index (χ0n) is 17.0. The number of aliphatic imine (C=N–C) groups is 1. The smallest absolute Gasteiger partial charge is 0.341 e. The lowest BCUT2D eigenvalue weighted by atomic mass is 10.1. The molecule has 1 aliphatic rings. The van der Waals surface area contributed by atoms with Crippen molar-refractivity contribution in [2.45, 2.75) is 6.54 Å². The van der Waals surface area contributed by atoms with Gasteiger partial charge in [-0.25, -0.2) is 14.2 Å². The Bertz CT molecular complexity index is 884. The third-order valence-electron chi connectivity index (χ3n) is 4.89. The summed E-state index contributed by atoms with van der Waals surface area (Å²) in [6.07, 6.45) is 0. The minimum absolute atomic E-state index is 0. The molecule has 0 spiro atoms. The van der Waals surface area contributed by atoms with Gasteiger partial charge in [0.15, 0.2) is 5.96 Å². The van der Waals surface area contributed by atoms with Gasteiger partial charge in [-0.15, -0.1) is 24.0 Å². The first-order valence-electron chi connectivity index (χ1n) is 9.32. The highest BCUT2D eigenvalue weighted by Gasteiger charge is 2.19. The van der Waals surface area contributed by atoms with Gasteiger partial charge in [0.05, 0.1) is 20.8 Å². The van der Waals surface area contributed by atoms with Gasteiger partial charge in [0, 0.05) is 31.9 Å². The first-order chi connectivity index (χ1) is 14.0. The molecule has 0 aromatic heterocycles. The van der Waals surface area contributed by atoms with Crippen molar-refractivity contribution in [3.8, 4) is 5.75 Å². The predicted octanol–water partition coefficient (Wildman–Crippen LogP) is 2.88. The van der Waals surface area contributed by atoms with Crippen molar-refractivity contribution in [2.24, 2.45) is 10.7 Å². The van der Waals surface area contributed by atoms with Crippen molar-refractivity contribution in [3.63, 3.8) is 0 Å². The molecular weight excluding hydrogens is 502 g/mol. The summed E-state index contributed by atoms with van der Waals surface area (Å²) in [6.45, 7) is 3.41. The second-order valence-corrected chi connectivity index (χ2v) is 6.65. The number of piperazine rings is 1. The van der Waals surface area contributed by atoms with Gasteiger partial charge in [0.25, 0.3) is 0 Å². The van der Waals surface area contributed by atoms with Crippen LogP contribution in [-0.2, 0) is 11.3 Å². The Kier molecular flexibility index (Phi) is 8.70. The fourth-order valence-electron chi connectivity index (χ4n) is 3.23. The summed E-state index contributed by atoms with van der Waals surface area (Å²) in [5.74, 6) is 0.228. The quantitative estimate of drug-likeness (QED) is 0.279. The Balaban J connectivity index is 0.00000320. The van der Waals surface area contributed by atoms with Crippen LogP contribution in [0.1, 0.15) is 15.9 Å². The standard InChI is InChI=1S/C21H25FN4O3.HI/c1-28-19-13-15(3-8-18(19)20(27)29-2)14-24-21(23)26-11-9-25(10-12-26)17-6-4-16(22)5-7-17;/h3-8,13H,9-12,14H2,1-2H3,(H2,23,24);1H. The van der Waals surface area contributed by atoms with Crippen molar-refractivity contribution in [3.05, 3.63) is 59.4 Å². The van der Waals surface area contributed by atoms with Crippen molar-refractivity contribution in [1.82, 2.24) is 4.90 Å². The van der Waals surface area contributed by atoms with Crippen LogP contribution < -0.4 is 15.4 Å². The lowest BCUT2D eigenvalue weighted by Gasteiger charge is -2.36. The summed E-state index contributed by atoms with van der Waals surface area (Å²) in [5.41, 5.74) is 8.42. The highest BCUT2D eigenvalue weighted by Crippen LogP contribution is 2.22. The number of rotatable bonds is 5. The maximum atomic E-state index is 13.1. The Morgan fingerprint density at radius 1 is 1.10 bits per heavy atom. The van der Waals surface area contributed by atoms with E-state index in [1.807, 2.05) is 4.90 Å². The Morgan fingerprint density at radius 3 is 2.37 bits per heavy atom. The molecule has 2 N–H and O–H groups in total. The average Bonchev–Trinajstić information content (AvgIpc) is 2.77. The fraction of sp³-hybridized carbons (Fsp3) is 0.333. The highest BCUT2D eigenvalue weighted by atomic mass is 127. The van der Waals surface area contributed by atoms with Crippen LogP contribution in [0.15, 0.2) is 47.5 Å². The lowest BCUT2D eigenvalue weighted by Crippen LogP contribution is -2.51. The van der Waals surface area contributed by atoms with E-state index in [0.717, 1.165) is 37.4 Å². The topological polar surface area (TPSA) is 80.4 Å². The van der Waals surface area contributed by atoms with E-state index in [9.17, 15) is 9.18 Å². The summed E-state index contributed by atoms with van der Waals surface area (Å²) >= 11 is 0. The molecule has 1 saturated heterocycles. The number of hydrogen-bond acceptors (Lipinski definition) is 5. The second-order valence-electron chi connectivity index (χ2n) is 6.65. The molecule has 7 nitrogen and oxygen atoms in total. The van der Waals surface area contributed by atoms with Gasteiger partial charge in [-0.3, -0.25) is 0 Å². The van der Waals surface area contributed by atoms with Crippen LogP contribution in [-0.4, -0.2) is 57.2 Å². The molecule has 162 valence electrons. The summed E-state index contributed by atoms with van der Waals surface area (Å²) in [5, 5.41) is 0. The number of halogens is 2. The van der Waals surface area contributed by atoms with Crippen LogP contribution in [0.5, 0.6) is 5.75 Å². The van der Waals surface area contributed by atoms with E-state index in [1.54, 1.807) is 30.3 Å². The number of nitrogens with zero attached hydrogens (tertiary/aromatic N) is 3. The second kappa shape index (κ2) is 11.0. The van der Waals surface area contributed by atoms with Crippen LogP contribution in [0.4, 0.5) is 10.1 Å². The number of anilines is 1. The van der Waals surface area contributed by atoms with E-state index >= 15 is 0 Å². The molecule has 2 aromatic rings. The molecule has 3 rings (SSSR count). The van der Waals surface area contributed by atoms with Crippen LogP contribution in [0.25, 0.3) is 0 Å². The third kappa shape index (κ3) is 5.74. The summed E-state index contributed by atoms with van der Waals surface area (Å²) < 4.78 is 23.1. The van der Waals surface area contributed by atoms with E-state index in [0.29, 0.717) is 23.8 Å². The molecule has 0 radical (unpaired) electrons. The van der Waals surface area contributed by atoms with Gasteiger partial charge >= 0.3 is 5.97 Å². The minimum atomic E-state index is -0.449. The van der Waals surface area contributed by atoms with Gasteiger partial charge in [-0.2, -0.15) is 0 Å². The summed E-state index contributed by atoms with van der Waals surface area (Å²) in [6, 6.07) is 11.7. The molecule has 1 heterocycles. The van der Waals surface area contributed by atoms with E-state index in [2.05, 4.69) is 9.89 Å². The lowest BCUT2D eigenvalue weighted by molar-refractivity contribution is 0.0597. The largest absolute Gasteiger partial charge is 0.496 e. The number of carbonyl (C=O) groups excluding carboxylic acids is 1. The number of methoxy groups -OCH3 is 2. The first kappa shape index (κ1) is 23.7. The minimum Gasteiger partial charge on any atom is -0.496 e. The number of guanidine groups is 1. The maximum absolute atomic E-state index is 13.1. The number of esters is 1. The molecule has 0 bridgehead atoms. The van der Waals surface area contributed by atoms with Crippen molar-refractivity contribution in [2.75, 3.05) is 45.3 Å². The first-order valence-corrected chi connectivity index (χ1v) is 9.32. The maximum Gasteiger partial charge on any atom is 0.341 e. The molecule has 2 aromatic carbocycles. The molecule has 0 amide bonds. The van der Waals surface area contributed by atoms with Gasteiger partial charge in [-0.1, -0.05) is 6.07 Å². The van der Waals surface area contributed by atoms with E-state index in [1.165, 1.54) is 26.4 Å². The zero-order valence-corrected chi connectivity index (χ0v) is 19.3. The molecule has 1 aliphatic heterocycles. The Morgan fingerprint density at radius 2 is 1.77 bits per heavy atom.